The van der Waals surface area contributed by atoms with Gasteiger partial charge in [-0.2, -0.15) is 4.98 Å². The summed E-state index contributed by atoms with van der Waals surface area (Å²) in [7, 11) is 5.70. The van der Waals surface area contributed by atoms with Crippen molar-refractivity contribution in [2.24, 2.45) is 0 Å². The third kappa shape index (κ3) is 6.40. The van der Waals surface area contributed by atoms with Crippen LogP contribution in [0.15, 0.2) is 30.3 Å². The minimum atomic E-state index is -4.74. The molecule has 1 aromatic carbocycles. The summed E-state index contributed by atoms with van der Waals surface area (Å²) in [6, 6.07) is 7.36. The summed E-state index contributed by atoms with van der Waals surface area (Å²) < 4.78 is 41.2. The number of aromatic nitrogens is 2. The molecule has 0 radical (unpaired) electrons. The first-order valence-corrected chi connectivity index (χ1v) is 8.08. The van der Waals surface area contributed by atoms with E-state index in [1.54, 1.807) is 19.2 Å². The fourth-order valence-corrected chi connectivity index (χ4v) is 2.25. The third-order valence-electron chi connectivity index (χ3n) is 3.41. The van der Waals surface area contributed by atoms with Gasteiger partial charge in [0.2, 0.25) is 5.95 Å². The lowest BCUT2D eigenvalue weighted by atomic mass is 10.1. The third-order valence-corrected chi connectivity index (χ3v) is 3.41. The van der Waals surface area contributed by atoms with Gasteiger partial charge in [0.05, 0.1) is 5.69 Å². The molecular formula is C17H22F3N5O. The molecular weight excluding hydrogens is 347 g/mol. The van der Waals surface area contributed by atoms with Crippen LogP contribution in [0.3, 0.4) is 0 Å². The van der Waals surface area contributed by atoms with Crippen molar-refractivity contribution in [3.8, 4) is 17.0 Å². The zero-order valence-electron chi connectivity index (χ0n) is 14.9. The smallest absolute Gasteiger partial charge is 0.406 e. The molecule has 9 heteroatoms. The highest BCUT2D eigenvalue weighted by Crippen LogP contribution is 2.28. The molecule has 2 N–H and O–H groups in total. The van der Waals surface area contributed by atoms with Crippen molar-refractivity contribution in [2.45, 2.75) is 12.8 Å². The van der Waals surface area contributed by atoms with Crippen molar-refractivity contribution in [3.05, 3.63) is 30.3 Å². The van der Waals surface area contributed by atoms with Crippen molar-refractivity contribution in [1.29, 1.82) is 0 Å². The molecule has 1 aromatic heterocycles. The van der Waals surface area contributed by atoms with E-state index in [1.807, 2.05) is 14.1 Å². The molecule has 0 saturated heterocycles. The molecule has 2 aromatic rings. The highest BCUT2D eigenvalue weighted by Gasteiger charge is 2.31. The molecule has 0 bridgehead atoms. The number of rotatable bonds is 8. The number of hydrogen-bond donors (Lipinski definition) is 2. The van der Waals surface area contributed by atoms with Crippen LogP contribution in [0.2, 0.25) is 0 Å². The maximum Gasteiger partial charge on any atom is 0.573 e. The molecule has 0 aliphatic heterocycles. The molecule has 0 atom stereocenters. The number of ether oxygens (including phenoxy) is 1. The van der Waals surface area contributed by atoms with Gasteiger partial charge in [0.1, 0.15) is 11.6 Å². The van der Waals surface area contributed by atoms with E-state index in [0.717, 1.165) is 13.0 Å². The summed E-state index contributed by atoms with van der Waals surface area (Å²) in [5.74, 6) is 0.681. The lowest BCUT2D eigenvalue weighted by Gasteiger charge is -2.13. The van der Waals surface area contributed by atoms with Crippen LogP contribution in [0.5, 0.6) is 5.75 Å². The van der Waals surface area contributed by atoms with Crippen molar-refractivity contribution >= 4 is 11.8 Å². The molecule has 26 heavy (non-hydrogen) atoms. The normalized spacial score (nSPS) is 11.5. The van der Waals surface area contributed by atoms with E-state index in [1.165, 1.54) is 18.2 Å². The van der Waals surface area contributed by atoms with Gasteiger partial charge >= 0.3 is 6.36 Å². The predicted octanol–water partition coefficient (Wildman–Crippen LogP) is 3.45. The van der Waals surface area contributed by atoms with E-state index in [-0.39, 0.29) is 5.75 Å². The zero-order valence-corrected chi connectivity index (χ0v) is 14.9. The van der Waals surface area contributed by atoms with Crippen molar-refractivity contribution in [1.82, 2.24) is 14.9 Å². The minimum absolute atomic E-state index is 0.292. The molecule has 0 fully saturated rings. The summed E-state index contributed by atoms with van der Waals surface area (Å²) in [4.78, 5) is 10.8. The van der Waals surface area contributed by atoms with Gasteiger partial charge in [-0.25, -0.2) is 4.98 Å². The van der Waals surface area contributed by atoms with E-state index < -0.39 is 6.36 Å². The van der Waals surface area contributed by atoms with E-state index in [0.29, 0.717) is 29.6 Å². The molecule has 6 nitrogen and oxygen atoms in total. The van der Waals surface area contributed by atoms with Crippen LogP contribution < -0.4 is 15.4 Å². The van der Waals surface area contributed by atoms with Gasteiger partial charge < -0.3 is 20.3 Å². The van der Waals surface area contributed by atoms with Crippen LogP contribution in [0.1, 0.15) is 6.42 Å². The van der Waals surface area contributed by atoms with Gasteiger partial charge in [0.25, 0.3) is 0 Å². The Morgan fingerprint density at radius 2 is 1.92 bits per heavy atom. The summed E-state index contributed by atoms with van der Waals surface area (Å²) in [6.45, 7) is 1.60. The standard InChI is InChI=1S/C17H22F3N5O/c1-21-15-11-14(23-16(24-15)22-8-5-9-25(2)3)12-6-4-7-13(10-12)26-17(18,19)20/h4,6-7,10-11H,5,8-9H2,1-3H3,(H2,21,22,23,24). The van der Waals surface area contributed by atoms with Gasteiger partial charge in [-0.1, -0.05) is 12.1 Å². The van der Waals surface area contributed by atoms with Crippen molar-refractivity contribution in [3.63, 3.8) is 0 Å². The van der Waals surface area contributed by atoms with E-state index in [2.05, 4.69) is 30.2 Å². The molecule has 0 saturated carbocycles. The number of nitrogens with one attached hydrogen (secondary N) is 2. The van der Waals surface area contributed by atoms with Gasteiger partial charge in [-0.3, -0.25) is 0 Å². The second-order valence-corrected chi connectivity index (χ2v) is 5.87. The summed E-state index contributed by atoms with van der Waals surface area (Å²) in [6.07, 6.45) is -3.83. The van der Waals surface area contributed by atoms with Crippen LogP contribution >= 0.6 is 0 Å². The van der Waals surface area contributed by atoms with Gasteiger partial charge in [-0.15, -0.1) is 13.2 Å². The monoisotopic (exact) mass is 369 g/mol. The second kappa shape index (κ2) is 8.70. The molecule has 0 amide bonds. The highest BCUT2D eigenvalue weighted by atomic mass is 19.4. The lowest BCUT2D eigenvalue weighted by Crippen LogP contribution is -2.17. The average Bonchev–Trinajstić information content (AvgIpc) is 2.57. The second-order valence-electron chi connectivity index (χ2n) is 5.87. The Balaban J connectivity index is 2.20. The summed E-state index contributed by atoms with van der Waals surface area (Å²) in [5, 5.41) is 6.07. The fourth-order valence-electron chi connectivity index (χ4n) is 2.25. The Kier molecular flexibility index (Phi) is 6.62. The first-order chi connectivity index (χ1) is 12.3. The van der Waals surface area contributed by atoms with Crippen molar-refractivity contribution in [2.75, 3.05) is 44.9 Å². The SMILES string of the molecule is CNc1cc(-c2cccc(OC(F)(F)F)c2)nc(NCCCN(C)C)n1. The van der Waals surface area contributed by atoms with Gasteiger partial charge in [0, 0.05) is 25.2 Å². The Morgan fingerprint density at radius 3 is 2.58 bits per heavy atom. The fraction of sp³-hybridized carbons (Fsp3) is 0.412. The van der Waals surface area contributed by atoms with Crippen LogP contribution in [-0.2, 0) is 0 Å². The Morgan fingerprint density at radius 1 is 1.15 bits per heavy atom. The number of hydrogen-bond acceptors (Lipinski definition) is 6. The molecule has 0 unspecified atom stereocenters. The lowest BCUT2D eigenvalue weighted by molar-refractivity contribution is -0.274. The summed E-state index contributed by atoms with van der Waals surface area (Å²) in [5.41, 5.74) is 0.995. The quantitative estimate of drug-likeness (QED) is 0.695. The molecule has 0 spiro atoms. The number of anilines is 2. The maximum atomic E-state index is 12.4. The van der Waals surface area contributed by atoms with E-state index in [9.17, 15) is 13.2 Å². The average molecular weight is 369 g/mol. The number of halogens is 3. The number of alkyl halides is 3. The molecule has 0 aliphatic rings. The number of nitrogens with zero attached hydrogens (tertiary/aromatic N) is 3. The van der Waals surface area contributed by atoms with E-state index >= 15 is 0 Å². The number of benzene rings is 1. The van der Waals surface area contributed by atoms with Crippen LogP contribution in [0.25, 0.3) is 11.3 Å². The highest BCUT2D eigenvalue weighted by molar-refractivity contribution is 5.65. The van der Waals surface area contributed by atoms with Gasteiger partial charge in [-0.05, 0) is 39.2 Å². The molecule has 2 rings (SSSR count). The first kappa shape index (κ1) is 19.8. The van der Waals surface area contributed by atoms with Crippen LogP contribution in [0.4, 0.5) is 24.9 Å². The van der Waals surface area contributed by atoms with Crippen molar-refractivity contribution < 1.29 is 17.9 Å². The Labute approximate surface area is 150 Å². The van der Waals surface area contributed by atoms with E-state index in [4.69, 9.17) is 0 Å². The zero-order chi connectivity index (χ0) is 19.2. The predicted molar refractivity (Wildman–Crippen MR) is 95.4 cm³/mol. The largest absolute Gasteiger partial charge is 0.573 e. The molecule has 1 heterocycles. The topological polar surface area (TPSA) is 62.3 Å². The van der Waals surface area contributed by atoms with Gasteiger partial charge in [0.15, 0.2) is 0 Å². The van der Waals surface area contributed by atoms with Crippen LogP contribution in [-0.4, -0.2) is 55.5 Å². The Hall–Kier alpha value is -2.55. The van der Waals surface area contributed by atoms with Crippen LogP contribution in [0, 0.1) is 0 Å². The molecule has 142 valence electrons. The molecule has 0 aliphatic carbocycles. The minimum Gasteiger partial charge on any atom is -0.406 e. The maximum absolute atomic E-state index is 12.4. The summed E-state index contributed by atoms with van der Waals surface area (Å²) >= 11 is 0. The first-order valence-electron chi connectivity index (χ1n) is 8.08. The Bertz CT molecular complexity index is 722.